The third-order valence-electron chi connectivity index (χ3n) is 12.3. The van der Waals surface area contributed by atoms with Crippen LogP contribution in [0.3, 0.4) is 0 Å². The molecule has 2 rings (SSSR count). The van der Waals surface area contributed by atoms with Crippen molar-refractivity contribution in [1.29, 1.82) is 0 Å². The van der Waals surface area contributed by atoms with Crippen LogP contribution < -0.4 is 0 Å². The summed E-state index contributed by atoms with van der Waals surface area (Å²) < 4.78 is 33.5. The molecule has 2 aliphatic rings. The van der Waals surface area contributed by atoms with Gasteiger partial charge in [-0.05, 0) is 51.4 Å². The molecule has 7 N–H and O–H groups in total. The van der Waals surface area contributed by atoms with Crippen molar-refractivity contribution in [1.82, 2.24) is 0 Å². The summed E-state index contributed by atoms with van der Waals surface area (Å²) >= 11 is 0. The van der Waals surface area contributed by atoms with Crippen molar-refractivity contribution in [2.24, 2.45) is 0 Å². The Bertz CT molecular complexity index is 1370. The summed E-state index contributed by atoms with van der Waals surface area (Å²) in [6.07, 6.45) is 27.1. The molecular weight excluding hydrogens is 877 g/mol. The van der Waals surface area contributed by atoms with Crippen LogP contribution in [0.4, 0.5) is 0 Å². The van der Waals surface area contributed by atoms with E-state index < -0.39 is 99.3 Å². The van der Waals surface area contributed by atoms with Crippen LogP contribution in [0.25, 0.3) is 0 Å². The molecule has 2 saturated heterocycles. The first-order valence-electron chi connectivity index (χ1n) is 26.2. The summed E-state index contributed by atoms with van der Waals surface area (Å²) in [4.78, 5) is 25.8. The first-order chi connectivity index (χ1) is 33.0. The molecule has 0 aliphatic carbocycles. The number of esters is 2. The van der Waals surface area contributed by atoms with E-state index in [0.29, 0.717) is 12.8 Å². The van der Waals surface area contributed by atoms with E-state index in [-0.39, 0.29) is 19.4 Å². The summed E-state index contributed by atoms with van der Waals surface area (Å²) in [5, 5.41) is 72.1. The number of rotatable bonds is 40. The van der Waals surface area contributed by atoms with Crippen LogP contribution in [0.1, 0.15) is 181 Å². The minimum atomic E-state index is -1.77. The van der Waals surface area contributed by atoms with Gasteiger partial charge in [-0.1, -0.05) is 165 Å². The van der Waals surface area contributed by atoms with Crippen LogP contribution in [-0.2, 0) is 38.0 Å². The quantitative estimate of drug-likeness (QED) is 0.0179. The summed E-state index contributed by atoms with van der Waals surface area (Å²) in [5.74, 6) is -0.970. The van der Waals surface area contributed by atoms with Gasteiger partial charge in [0.25, 0.3) is 0 Å². The minimum Gasteiger partial charge on any atom is -0.462 e. The average molecular weight is 969 g/mol. The molecule has 0 saturated carbocycles. The molecule has 4 unspecified atom stereocenters. The summed E-state index contributed by atoms with van der Waals surface area (Å²) in [6, 6.07) is 0. The highest BCUT2D eigenvalue weighted by Gasteiger charge is 2.47. The number of allylic oxidation sites excluding steroid dienone is 8. The topological polar surface area (TPSA) is 231 Å². The van der Waals surface area contributed by atoms with Crippen molar-refractivity contribution in [3.63, 3.8) is 0 Å². The molecule has 0 aromatic heterocycles. The summed E-state index contributed by atoms with van der Waals surface area (Å²) in [7, 11) is 0. The maximum atomic E-state index is 13.0. The molecule has 11 atom stereocenters. The van der Waals surface area contributed by atoms with Gasteiger partial charge in [-0.3, -0.25) is 9.59 Å². The van der Waals surface area contributed by atoms with Crippen LogP contribution in [0, 0.1) is 0 Å². The Morgan fingerprint density at radius 2 is 0.926 bits per heavy atom. The lowest BCUT2D eigenvalue weighted by molar-refractivity contribution is -0.332. The zero-order valence-electron chi connectivity index (χ0n) is 41.6. The van der Waals surface area contributed by atoms with E-state index in [2.05, 4.69) is 62.5 Å². The Morgan fingerprint density at radius 3 is 1.46 bits per heavy atom. The van der Waals surface area contributed by atoms with Crippen LogP contribution >= 0.6 is 0 Å². The maximum absolute atomic E-state index is 13.0. The van der Waals surface area contributed by atoms with Gasteiger partial charge in [-0.2, -0.15) is 0 Å². The number of unbranched alkanes of at least 4 members (excludes halogenated alkanes) is 18. The number of ether oxygens (including phenoxy) is 6. The molecule has 2 fully saturated rings. The van der Waals surface area contributed by atoms with Crippen molar-refractivity contribution in [2.45, 2.75) is 248 Å². The molecule has 0 aromatic rings. The molecular formula is C53H92O15. The zero-order valence-corrected chi connectivity index (χ0v) is 41.6. The minimum absolute atomic E-state index is 0.158. The van der Waals surface area contributed by atoms with Crippen LogP contribution in [0.15, 0.2) is 48.6 Å². The largest absolute Gasteiger partial charge is 0.462 e. The van der Waals surface area contributed by atoms with Gasteiger partial charge in [-0.25, -0.2) is 0 Å². The van der Waals surface area contributed by atoms with E-state index >= 15 is 0 Å². The summed E-state index contributed by atoms with van der Waals surface area (Å²) in [6.45, 7) is 2.44. The molecule has 2 heterocycles. The van der Waals surface area contributed by atoms with Gasteiger partial charge < -0.3 is 64.2 Å². The lowest BCUT2D eigenvalue weighted by atomic mass is 9.98. The highest BCUT2D eigenvalue weighted by Crippen LogP contribution is 2.26. The fraction of sp³-hybridized carbons (Fsp3) is 0.811. The third kappa shape index (κ3) is 27.7. The molecule has 394 valence electrons. The van der Waals surface area contributed by atoms with Gasteiger partial charge in [0, 0.05) is 12.8 Å². The molecule has 0 amide bonds. The number of aliphatic hydroxyl groups is 7. The normalized spacial score (nSPS) is 26.1. The van der Waals surface area contributed by atoms with E-state index in [4.69, 9.17) is 28.4 Å². The highest BCUT2D eigenvalue weighted by molar-refractivity contribution is 5.70. The number of hydrogen-bond donors (Lipinski definition) is 7. The maximum Gasteiger partial charge on any atom is 0.306 e. The number of hydrogen-bond acceptors (Lipinski definition) is 15. The average Bonchev–Trinajstić information content (AvgIpc) is 3.33. The van der Waals surface area contributed by atoms with Gasteiger partial charge in [-0.15, -0.1) is 0 Å². The van der Waals surface area contributed by atoms with Crippen molar-refractivity contribution in [3.8, 4) is 0 Å². The second kappa shape index (κ2) is 40.1. The number of carbonyl (C=O) groups excluding carboxylic acids is 2. The first-order valence-corrected chi connectivity index (χ1v) is 26.2. The summed E-state index contributed by atoms with van der Waals surface area (Å²) in [5.41, 5.74) is 0. The standard InChI is InChI=1S/C53H92O15/c1-3-5-7-9-11-13-15-17-19-20-22-24-26-28-30-32-34-36-45(56)66-41(38-63-44(55)35-33-31-29-27-25-23-21-18-16-14-12-10-8-6-4-2)39-64-52-51(62)49(60)47(58)43(68-52)40-65-53-50(61)48(59)46(57)42(37-54)67-53/h6,8,12,14,18,21,25,27,41-43,46-54,57-62H,3-5,7,9-11,13,15-17,19-20,22-24,26,28-40H2,1-2H3/b8-6+,14-12+,21-18+,27-25+/t41-,42+,43+,46-,47-,48?,49?,50?,51?,52+,53+/m1/s1. The molecule has 68 heavy (non-hydrogen) atoms. The first kappa shape index (κ1) is 61.6. The lowest BCUT2D eigenvalue weighted by Crippen LogP contribution is -2.61. The zero-order chi connectivity index (χ0) is 49.6. The van der Waals surface area contributed by atoms with E-state index in [0.717, 1.165) is 57.8 Å². The van der Waals surface area contributed by atoms with Crippen molar-refractivity contribution in [3.05, 3.63) is 48.6 Å². The van der Waals surface area contributed by atoms with Crippen molar-refractivity contribution < 1.29 is 73.8 Å². The van der Waals surface area contributed by atoms with Crippen LogP contribution in [0.5, 0.6) is 0 Å². The lowest BCUT2D eigenvalue weighted by Gasteiger charge is -2.42. The van der Waals surface area contributed by atoms with E-state index in [9.17, 15) is 45.3 Å². The SMILES string of the molecule is CC/C=C/C/C=C/C/C=C/C/C=C/CCCCC(=O)OC[C@H](CO[C@H]1O[C@@H](CO[C@H]2O[C@@H](CO)[C@@H](O)C(O)C2O)[C@@H](O)C(O)C1O)OC(=O)CCCCCCCCCCCCCCCCCCC. The monoisotopic (exact) mass is 969 g/mol. The molecule has 0 spiro atoms. The van der Waals surface area contributed by atoms with Crippen molar-refractivity contribution >= 4 is 11.9 Å². The third-order valence-corrected chi connectivity index (χ3v) is 12.3. The van der Waals surface area contributed by atoms with E-state index in [1.54, 1.807) is 0 Å². The Kier molecular flexibility index (Phi) is 36.3. The Labute approximate surface area is 408 Å². The molecule has 2 aliphatic heterocycles. The fourth-order valence-corrected chi connectivity index (χ4v) is 8.03. The molecule has 15 nitrogen and oxygen atoms in total. The predicted octanol–water partition coefficient (Wildman–Crippen LogP) is 7.49. The van der Waals surface area contributed by atoms with Gasteiger partial charge in [0.1, 0.15) is 55.4 Å². The fourth-order valence-electron chi connectivity index (χ4n) is 8.03. The molecule has 0 aromatic carbocycles. The Morgan fingerprint density at radius 1 is 0.485 bits per heavy atom. The van der Waals surface area contributed by atoms with E-state index in [1.165, 1.54) is 83.5 Å². The van der Waals surface area contributed by atoms with Gasteiger partial charge in [0.05, 0.1) is 19.8 Å². The molecule has 0 bridgehead atoms. The molecule has 0 radical (unpaired) electrons. The number of carbonyl (C=O) groups is 2. The Balaban J connectivity index is 1.82. The molecule has 15 heteroatoms. The van der Waals surface area contributed by atoms with E-state index in [1.807, 2.05) is 0 Å². The second-order valence-electron chi connectivity index (χ2n) is 18.3. The predicted molar refractivity (Wildman–Crippen MR) is 261 cm³/mol. The number of aliphatic hydroxyl groups excluding tert-OH is 7. The van der Waals surface area contributed by atoms with Gasteiger partial charge >= 0.3 is 11.9 Å². The van der Waals surface area contributed by atoms with Gasteiger partial charge in [0.2, 0.25) is 0 Å². The smallest absolute Gasteiger partial charge is 0.306 e. The highest BCUT2D eigenvalue weighted by atomic mass is 16.7. The van der Waals surface area contributed by atoms with Crippen LogP contribution in [-0.4, -0.2) is 142 Å². The van der Waals surface area contributed by atoms with Crippen molar-refractivity contribution in [2.75, 3.05) is 26.4 Å². The Hall–Kier alpha value is -2.54. The second-order valence-corrected chi connectivity index (χ2v) is 18.3. The van der Waals surface area contributed by atoms with Gasteiger partial charge in [0.15, 0.2) is 18.7 Å². The van der Waals surface area contributed by atoms with Crippen LogP contribution in [0.2, 0.25) is 0 Å².